The van der Waals surface area contributed by atoms with Crippen LogP contribution in [0.5, 0.6) is 0 Å². The molecule has 2 amide bonds. The zero-order valence-electron chi connectivity index (χ0n) is 11.8. The number of rotatable bonds is 4. The third-order valence-electron chi connectivity index (χ3n) is 3.87. The summed E-state index contributed by atoms with van der Waals surface area (Å²) in [5.74, 6) is -0.304. The number of aliphatic hydroxyl groups excluding tert-OH is 1. The van der Waals surface area contributed by atoms with Crippen molar-refractivity contribution in [3.8, 4) is 0 Å². The third kappa shape index (κ3) is 4.09. The van der Waals surface area contributed by atoms with Crippen LogP contribution >= 0.6 is 0 Å². The van der Waals surface area contributed by atoms with E-state index in [9.17, 15) is 9.59 Å². The van der Waals surface area contributed by atoms with E-state index >= 15 is 0 Å². The zero-order chi connectivity index (χ0) is 14.6. The Labute approximate surface area is 113 Å². The van der Waals surface area contributed by atoms with Crippen molar-refractivity contribution in [2.75, 3.05) is 13.2 Å². The fourth-order valence-corrected chi connectivity index (χ4v) is 2.60. The lowest BCUT2D eigenvalue weighted by molar-refractivity contribution is -0.139. The third-order valence-corrected chi connectivity index (χ3v) is 3.87. The van der Waals surface area contributed by atoms with Crippen LogP contribution in [0.25, 0.3) is 0 Å². The first-order valence-corrected chi connectivity index (χ1v) is 6.77. The van der Waals surface area contributed by atoms with Gasteiger partial charge in [-0.2, -0.15) is 0 Å². The molecule has 1 aliphatic rings. The van der Waals surface area contributed by atoms with Crippen LogP contribution in [0.4, 0.5) is 4.79 Å². The predicted molar refractivity (Wildman–Crippen MR) is 70.8 cm³/mol. The van der Waals surface area contributed by atoms with E-state index in [2.05, 4.69) is 19.2 Å². The molecule has 3 N–H and O–H groups in total. The van der Waals surface area contributed by atoms with E-state index < -0.39 is 12.0 Å². The van der Waals surface area contributed by atoms with Gasteiger partial charge in [0.2, 0.25) is 0 Å². The first-order valence-electron chi connectivity index (χ1n) is 6.77. The molecule has 0 bridgehead atoms. The molecule has 0 aromatic carbocycles. The Bertz CT molecular complexity index is 335. The van der Waals surface area contributed by atoms with E-state index in [4.69, 9.17) is 10.2 Å². The Morgan fingerprint density at radius 1 is 1.37 bits per heavy atom. The average Bonchev–Trinajstić information content (AvgIpc) is 2.32. The number of hydrogen-bond acceptors (Lipinski definition) is 3. The first-order chi connectivity index (χ1) is 8.86. The van der Waals surface area contributed by atoms with Crippen LogP contribution in [0, 0.1) is 11.8 Å². The number of carboxylic acid groups (broad SMARTS) is 1. The summed E-state index contributed by atoms with van der Waals surface area (Å²) in [5.41, 5.74) is 0. The Hall–Kier alpha value is -1.30. The van der Waals surface area contributed by atoms with Gasteiger partial charge in [-0.15, -0.1) is 0 Å². The highest BCUT2D eigenvalue weighted by atomic mass is 16.4. The van der Waals surface area contributed by atoms with Gasteiger partial charge in [0.15, 0.2) is 0 Å². The van der Waals surface area contributed by atoms with Crippen molar-refractivity contribution in [2.24, 2.45) is 11.8 Å². The second kappa shape index (κ2) is 6.75. The van der Waals surface area contributed by atoms with Gasteiger partial charge in [0.25, 0.3) is 0 Å². The summed E-state index contributed by atoms with van der Waals surface area (Å²) in [6.07, 6.45) is 1.10. The number of amides is 2. The lowest BCUT2D eigenvalue weighted by Crippen LogP contribution is -2.55. The predicted octanol–water partition coefficient (Wildman–Crippen LogP) is 0.898. The summed E-state index contributed by atoms with van der Waals surface area (Å²) >= 11 is 0. The number of aliphatic carboxylic acids is 1. The number of carbonyl (C=O) groups is 2. The van der Waals surface area contributed by atoms with Crippen LogP contribution in [-0.2, 0) is 4.79 Å². The molecule has 6 nitrogen and oxygen atoms in total. The smallest absolute Gasteiger partial charge is 0.326 e. The van der Waals surface area contributed by atoms with Gasteiger partial charge in [-0.25, -0.2) is 9.59 Å². The summed E-state index contributed by atoms with van der Waals surface area (Å²) in [7, 11) is 0. The summed E-state index contributed by atoms with van der Waals surface area (Å²) in [6, 6.07) is -1.29. The molecule has 0 aliphatic carbocycles. The van der Waals surface area contributed by atoms with Gasteiger partial charge in [-0.1, -0.05) is 13.8 Å². The molecule has 6 heteroatoms. The Kier molecular flexibility index (Phi) is 5.60. The van der Waals surface area contributed by atoms with Crippen LogP contribution in [0.15, 0.2) is 0 Å². The van der Waals surface area contributed by atoms with E-state index in [1.54, 1.807) is 4.90 Å². The van der Waals surface area contributed by atoms with Crippen LogP contribution in [-0.4, -0.2) is 52.3 Å². The number of likely N-dealkylation sites (tertiary alicyclic amines) is 1. The summed E-state index contributed by atoms with van der Waals surface area (Å²) < 4.78 is 0. The maximum Gasteiger partial charge on any atom is 0.326 e. The Morgan fingerprint density at radius 3 is 2.53 bits per heavy atom. The highest BCUT2D eigenvalue weighted by Gasteiger charge is 2.33. The quantitative estimate of drug-likeness (QED) is 0.709. The molecule has 1 aliphatic heterocycles. The summed E-state index contributed by atoms with van der Waals surface area (Å²) in [5, 5.41) is 20.3. The van der Waals surface area contributed by atoms with Crippen molar-refractivity contribution in [1.82, 2.24) is 10.2 Å². The van der Waals surface area contributed by atoms with Crippen molar-refractivity contribution in [3.63, 3.8) is 0 Å². The molecule has 0 radical (unpaired) electrons. The van der Waals surface area contributed by atoms with Gasteiger partial charge in [-0.3, -0.25) is 0 Å². The highest BCUT2D eigenvalue weighted by Crippen LogP contribution is 2.26. The molecule has 110 valence electrons. The monoisotopic (exact) mass is 272 g/mol. The lowest BCUT2D eigenvalue weighted by Gasteiger charge is -2.41. The molecule has 0 saturated carbocycles. The summed E-state index contributed by atoms with van der Waals surface area (Å²) in [4.78, 5) is 24.8. The molecule has 1 heterocycles. The Balaban J connectivity index is 2.67. The van der Waals surface area contributed by atoms with Crippen LogP contribution < -0.4 is 5.32 Å². The molecule has 1 fully saturated rings. The minimum Gasteiger partial charge on any atom is -0.480 e. The van der Waals surface area contributed by atoms with Gasteiger partial charge in [0.1, 0.15) is 6.04 Å². The van der Waals surface area contributed by atoms with E-state index in [0.717, 1.165) is 6.42 Å². The maximum absolute atomic E-state index is 12.2. The topological polar surface area (TPSA) is 89.9 Å². The second-order valence-electron chi connectivity index (χ2n) is 5.56. The van der Waals surface area contributed by atoms with Crippen molar-refractivity contribution >= 4 is 12.0 Å². The van der Waals surface area contributed by atoms with E-state index in [0.29, 0.717) is 18.4 Å². The van der Waals surface area contributed by atoms with Gasteiger partial charge in [0, 0.05) is 25.6 Å². The summed E-state index contributed by atoms with van der Waals surface area (Å²) in [6.45, 7) is 6.55. The van der Waals surface area contributed by atoms with Crippen LogP contribution in [0.1, 0.15) is 33.6 Å². The fourth-order valence-electron chi connectivity index (χ4n) is 2.60. The molecule has 19 heavy (non-hydrogen) atoms. The Morgan fingerprint density at radius 2 is 2.00 bits per heavy atom. The number of carbonyl (C=O) groups excluding carboxylic acids is 1. The van der Waals surface area contributed by atoms with Crippen molar-refractivity contribution < 1.29 is 19.8 Å². The minimum absolute atomic E-state index is 0.0222. The van der Waals surface area contributed by atoms with E-state index in [1.807, 2.05) is 6.92 Å². The van der Waals surface area contributed by atoms with Crippen molar-refractivity contribution in [2.45, 2.75) is 45.7 Å². The normalized spacial score (nSPS) is 28.8. The average molecular weight is 272 g/mol. The fraction of sp³-hybridized carbons (Fsp3) is 0.846. The van der Waals surface area contributed by atoms with Gasteiger partial charge < -0.3 is 20.4 Å². The van der Waals surface area contributed by atoms with Crippen LogP contribution in [0.3, 0.4) is 0 Å². The minimum atomic E-state index is -1.12. The highest BCUT2D eigenvalue weighted by molar-refractivity contribution is 5.82. The number of carboxylic acids is 1. The lowest BCUT2D eigenvalue weighted by atomic mass is 9.86. The molecule has 1 rings (SSSR count). The van der Waals surface area contributed by atoms with Gasteiger partial charge in [-0.05, 0) is 25.2 Å². The van der Waals surface area contributed by atoms with Crippen LogP contribution in [0.2, 0.25) is 0 Å². The number of aliphatic hydroxyl groups is 1. The van der Waals surface area contributed by atoms with Crippen molar-refractivity contribution in [1.29, 1.82) is 0 Å². The number of piperidine rings is 1. The molecule has 1 saturated heterocycles. The number of hydrogen-bond donors (Lipinski definition) is 3. The number of nitrogens with one attached hydrogen (secondary N) is 1. The zero-order valence-corrected chi connectivity index (χ0v) is 11.8. The largest absolute Gasteiger partial charge is 0.480 e. The molecule has 4 unspecified atom stereocenters. The second-order valence-corrected chi connectivity index (χ2v) is 5.56. The van der Waals surface area contributed by atoms with Crippen molar-refractivity contribution in [3.05, 3.63) is 0 Å². The van der Waals surface area contributed by atoms with E-state index in [1.165, 1.54) is 0 Å². The SMILES string of the molecule is CC1CC(C)C(C)N(C(=O)NC(CCO)C(=O)O)C1. The molecule has 0 spiro atoms. The number of nitrogens with zero attached hydrogens (tertiary/aromatic N) is 1. The van der Waals surface area contributed by atoms with Gasteiger partial charge >= 0.3 is 12.0 Å². The maximum atomic E-state index is 12.2. The molecule has 0 aromatic heterocycles. The molecule has 0 aromatic rings. The standard InChI is InChI=1S/C13H24N2O4/c1-8-6-9(2)10(3)15(7-8)13(19)14-11(4-5-16)12(17)18/h8-11,16H,4-7H2,1-3H3,(H,14,19)(H,17,18). The molecular formula is C13H24N2O4. The number of urea groups is 1. The van der Waals surface area contributed by atoms with E-state index in [-0.39, 0.29) is 25.1 Å². The van der Waals surface area contributed by atoms with Gasteiger partial charge in [0.05, 0.1) is 0 Å². The molecular weight excluding hydrogens is 248 g/mol. The first kappa shape index (κ1) is 15.8. The molecule has 4 atom stereocenters.